The lowest BCUT2D eigenvalue weighted by Crippen LogP contribution is -2.33. The molecule has 0 saturated heterocycles. The van der Waals surface area contributed by atoms with E-state index in [1.54, 1.807) is 24.0 Å². The van der Waals surface area contributed by atoms with Crippen molar-refractivity contribution >= 4 is 34.0 Å². The number of nitrogens with one attached hydrogen (secondary N) is 1. The van der Waals surface area contributed by atoms with E-state index in [0.29, 0.717) is 23.0 Å². The number of thiazole rings is 1. The topological polar surface area (TPSA) is 76.4 Å². The zero-order chi connectivity index (χ0) is 16.9. The highest BCUT2D eigenvalue weighted by atomic mass is 32.2. The van der Waals surface area contributed by atoms with Gasteiger partial charge in [-0.05, 0) is 29.9 Å². The first-order valence-electron chi connectivity index (χ1n) is 7.50. The summed E-state index contributed by atoms with van der Waals surface area (Å²) in [7, 11) is 0. The van der Waals surface area contributed by atoms with E-state index in [1.165, 1.54) is 27.5 Å². The lowest BCUT2D eigenvalue weighted by Gasteiger charge is -2.09. The number of amides is 1. The van der Waals surface area contributed by atoms with E-state index < -0.39 is 0 Å². The van der Waals surface area contributed by atoms with Crippen LogP contribution in [0.3, 0.4) is 0 Å². The number of fused-ring (bicyclic) bond motifs is 1. The fraction of sp³-hybridized carbons (Fsp3) is 0.250. The summed E-state index contributed by atoms with van der Waals surface area (Å²) in [4.78, 5) is 34.1. The summed E-state index contributed by atoms with van der Waals surface area (Å²) < 4.78 is 1.42. The van der Waals surface area contributed by atoms with Gasteiger partial charge in [-0.3, -0.25) is 19.0 Å². The summed E-state index contributed by atoms with van der Waals surface area (Å²) in [6.45, 7) is 2.42. The first kappa shape index (κ1) is 16.7. The second-order valence-electron chi connectivity index (χ2n) is 4.95. The second-order valence-corrected chi connectivity index (χ2v) is 7.07. The minimum Gasteiger partial charge on any atom is -0.351 e. The maximum atomic E-state index is 12.6. The average Bonchev–Trinajstić information content (AvgIpc) is 3.05. The first-order valence-corrected chi connectivity index (χ1v) is 9.37. The molecule has 0 spiro atoms. The van der Waals surface area contributed by atoms with E-state index in [1.807, 2.05) is 19.1 Å². The standard InChI is InChI=1S/C16H16N4O2S2/c1-2-23-14-12(15(22)20-9-10-24-16(20)19-14)13(21)18-8-5-11-3-6-17-7-4-11/h3-4,6-7,9-10H,2,5,8H2,1H3,(H,18,21). The second kappa shape index (κ2) is 7.59. The number of carbonyl (C=O) groups excluding carboxylic acids is 1. The molecule has 3 rings (SSSR count). The van der Waals surface area contributed by atoms with Gasteiger partial charge < -0.3 is 5.32 Å². The fourth-order valence-corrected chi connectivity index (χ4v) is 3.77. The Balaban J connectivity index is 1.81. The van der Waals surface area contributed by atoms with Crippen LogP contribution < -0.4 is 10.9 Å². The largest absolute Gasteiger partial charge is 0.351 e. The summed E-state index contributed by atoms with van der Waals surface area (Å²) >= 11 is 2.78. The Labute approximate surface area is 147 Å². The van der Waals surface area contributed by atoms with Crippen molar-refractivity contribution in [2.45, 2.75) is 18.4 Å². The van der Waals surface area contributed by atoms with Crippen molar-refractivity contribution in [3.63, 3.8) is 0 Å². The molecule has 3 aromatic heterocycles. The van der Waals surface area contributed by atoms with E-state index in [2.05, 4.69) is 15.3 Å². The van der Waals surface area contributed by atoms with Crippen molar-refractivity contribution in [3.8, 4) is 0 Å². The molecule has 1 amide bonds. The van der Waals surface area contributed by atoms with Crippen LogP contribution in [0.4, 0.5) is 0 Å². The predicted molar refractivity (Wildman–Crippen MR) is 96.0 cm³/mol. The lowest BCUT2D eigenvalue weighted by atomic mass is 10.2. The van der Waals surface area contributed by atoms with Crippen LogP contribution in [0.2, 0.25) is 0 Å². The highest BCUT2D eigenvalue weighted by Crippen LogP contribution is 2.20. The van der Waals surface area contributed by atoms with Crippen molar-refractivity contribution in [1.29, 1.82) is 0 Å². The van der Waals surface area contributed by atoms with Gasteiger partial charge in [0.15, 0.2) is 4.96 Å². The third-order valence-electron chi connectivity index (χ3n) is 3.39. The summed E-state index contributed by atoms with van der Waals surface area (Å²) in [6.07, 6.45) is 5.76. The van der Waals surface area contributed by atoms with Gasteiger partial charge in [-0.1, -0.05) is 6.92 Å². The Bertz CT molecular complexity index is 905. The van der Waals surface area contributed by atoms with Crippen LogP contribution >= 0.6 is 23.1 Å². The molecule has 0 fully saturated rings. The van der Waals surface area contributed by atoms with Gasteiger partial charge in [-0.15, -0.1) is 23.1 Å². The summed E-state index contributed by atoms with van der Waals surface area (Å²) in [5.74, 6) is 0.365. The van der Waals surface area contributed by atoms with Gasteiger partial charge in [0, 0.05) is 30.5 Å². The average molecular weight is 360 g/mol. The third kappa shape index (κ3) is 3.49. The van der Waals surface area contributed by atoms with Crippen molar-refractivity contribution in [1.82, 2.24) is 19.7 Å². The minimum atomic E-state index is -0.377. The van der Waals surface area contributed by atoms with Crippen LogP contribution in [-0.2, 0) is 6.42 Å². The Morgan fingerprint density at radius 3 is 2.92 bits per heavy atom. The highest BCUT2D eigenvalue weighted by Gasteiger charge is 2.20. The molecule has 1 N–H and O–H groups in total. The monoisotopic (exact) mass is 360 g/mol. The molecule has 0 aromatic carbocycles. The normalized spacial score (nSPS) is 10.9. The van der Waals surface area contributed by atoms with E-state index in [9.17, 15) is 9.59 Å². The van der Waals surface area contributed by atoms with Crippen molar-refractivity contribution in [2.75, 3.05) is 12.3 Å². The summed E-state index contributed by atoms with van der Waals surface area (Å²) in [5, 5.41) is 5.10. The molecular weight excluding hydrogens is 344 g/mol. The van der Waals surface area contributed by atoms with Crippen molar-refractivity contribution in [3.05, 3.63) is 57.6 Å². The van der Waals surface area contributed by atoms with E-state index in [4.69, 9.17) is 0 Å². The molecule has 0 aliphatic rings. The molecule has 124 valence electrons. The Kier molecular flexibility index (Phi) is 5.27. The highest BCUT2D eigenvalue weighted by molar-refractivity contribution is 7.99. The summed E-state index contributed by atoms with van der Waals surface area (Å²) in [5.41, 5.74) is 0.877. The quantitative estimate of drug-likeness (QED) is 0.539. The molecule has 0 aliphatic heterocycles. The molecule has 3 aromatic rings. The number of aromatic nitrogens is 3. The van der Waals surface area contributed by atoms with Gasteiger partial charge in [-0.2, -0.15) is 0 Å². The fourth-order valence-electron chi connectivity index (χ4n) is 2.26. The number of rotatable bonds is 6. The first-order chi connectivity index (χ1) is 11.7. The smallest absolute Gasteiger partial charge is 0.272 e. The molecule has 0 atom stereocenters. The van der Waals surface area contributed by atoms with Crippen LogP contribution in [0.5, 0.6) is 0 Å². The number of pyridine rings is 1. The molecule has 0 bridgehead atoms. The van der Waals surface area contributed by atoms with E-state index in [0.717, 1.165) is 11.3 Å². The van der Waals surface area contributed by atoms with Crippen LogP contribution in [-0.4, -0.2) is 32.6 Å². The summed E-state index contributed by atoms with van der Waals surface area (Å²) in [6, 6.07) is 3.80. The van der Waals surface area contributed by atoms with Crippen LogP contribution in [0.25, 0.3) is 4.96 Å². The van der Waals surface area contributed by atoms with Gasteiger partial charge in [-0.25, -0.2) is 4.98 Å². The Morgan fingerprint density at radius 1 is 1.38 bits per heavy atom. The molecule has 8 heteroatoms. The Morgan fingerprint density at radius 2 is 2.17 bits per heavy atom. The molecule has 0 unspecified atom stereocenters. The van der Waals surface area contributed by atoms with E-state index >= 15 is 0 Å². The zero-order valence-electron chi connectivity index (χ0n) is 13.1. The number of hydrogen-bond acceptors (Lipinski definition) is 6. The van der Waals surface area contributed by atoms with Gasteiger partial charge in [0.1, 0.15) is 10.6 Å². The van der Waals surface area contributed by atoms with Crippen molar-refractivity contribution in [2.24, 2.45) is 0 Å². The number of hydrogen-bond donors (Lipinski definition) is 1. The van der Waals surface area contributed by atoms with Crippen LogP contribution in [0.15, 0.2) is 45.9 Å². The zero-order valence-corrected chi connectivity index (χ0v) is 14.7. The van der Waals surface area contributed by atoms with Gasteiger partial charge in [0.25, 0.3) is 11.5 Å². The van der Waals surface area contributed by atoms with Crippen LogP contribution in [0, 0.1) is 0 Å². The van der Waals surface area contributed by atoms with Crippen LogP contribution in [0.1, 0.15) is 22.8 Å². The van der Waals surface area contributed by atoms with Crippen molar-refractivity contribution < 1.29 is 4.79 Å². The van der Waals surface area contributed by atoms with Gasteiger partial charge in [0.2, 0.25) is 0 Å². The number of thioether (sulfide) groups is 1. The number of carbonyl (C=O) groups is 1. The molecule has 0 aliphatic carbocycles. The molecule has 24 heavy (non-hydrogen) atoms. The predicted octanol–water partition coefficient (Wildman–Crippen LogP) is 2.24. The maximum Gasteiger partial charge on any atom is 0.272 e. The SMILES string of the molecule is CCSc1nc2sccn2c(=O)c1C(=O)NCCc1ccncc1. The molecule has 0 radical (unpaired) electrons. The lowest BCUT2D eigenvalue weighted by molar-refractivity contribution is 0.0948. The molecule has 0 saturated carbocycles. The third-order valence-corrected chi connectivity index (χ3v) is 5.00. The van der Waals surface area contributed by atoms with Gasteiger partial charge in [0.05, 0.1) is 0 Å². The molecule has 3 heterocycles. The van der Waals surface area contributed by atoms with E-state index in [-0.39, 0.29) is 17.0 Å². The maximum absolute atomic E-state index is 12.6. The minimum absolute atomic E-state index is 0.118. The Hall–Kier alpha value is -2.19. The van der Waals surface area contributed by atoms with Gasteiger partial charge >= 0.3 is 0 Å². The molecule has 6 nitrogen and oxygen atoms in total. The molecular formula is C16H16N4O2S2. The number of nitrogens with zero attached hydrogens (tertiary/aromatic N) is 3.